The van der Waals surface area contributed by atoms with E-state index in [2.05, 4.69) is 119 Å². The van der Waals surface area contributed by atoms with Crippen LogP contribution in [0.3, 0.4) is 0 Å². The summed E-state index contributed by atoms with van der Waals surface area (Å²) in [6.45, 7) is 13.2. The quantitative estimate of drug-likeness (QED) is 0.252. The Kier molecular flexibility index (Phi) is 11.9. The molecule has 3 rings (SSSR count). The zero-order valence-electron chi connectivity index (χ0n) is 19.6. The van der Waals surface area contributed by atoms with Gasteiger partial charge in [-0.3, -0.25) is 0 Å². The van der Waals surface area contributed by atoms with Gasteiger partial charge in [-0.2, -0.15) is 0 Å². The molecule has 2 nitrogen and oxygen atoms in total. The SMILES string of the molecule is CC(C)(C)c1cc(Br)ccc1[O][Ti](=[CH]c1cccs1)[O]c1ccc(Br)cc1C(C)(C)C.Cl.Cl. The van der Waals surface area contributed by atoms with Crippen LogP contribution in [0.2, 0.25) is 0 Å². The Morgan fingerprint density at radius 1 is 0.758 bits per heavy atom. The van der Waals surface area contributed by atoms with Gasteiger partial charge in [-0.25, -0.2) is 0 Å². The van der Waals surface area contributed by atoms with Gasteiger partial charge in [0.1, 0.15) is 0 Å². The van der Waals surface area contributed by atoms with Gasteiger partial charge in [0.25, 0.3) is 0 Å². The van der Waals surface area contributed by atoms with E-state index in [0.717, 1.165) is 20.4 Å². The Balaban J connectivity index is 0.00000272. The number of rotatable bonds is 5. The molecule has 0 saturated heterocycles. The first-order chi connectivity index (χ1) is 14.4. The minimum atomic E-state index is -2.59. The Labute approximate surface area is 237 Å². The van der Waals surface area contributed by atoms with Gasteiger partial charge in [0.05, 0.1) is 0 Å². The Morgan fingerprint density at radius 3 is 1.58 bits per heavy atom. The molecule has 0 spiro atoms. The zero-order valence-corrected chi connectivity index (χ0v) is 26.8. The molecule has 0 saturated carbocycles. The van der Waals surface area contributed by atoms with Crippen LogP contribution in [0.25, 0.3) is 0 Å². The van der Waals surface area contributed by atoms with Crippen LogP contribution >= 0.6 is 68.0 Å². The van der Waals surface area contributed by atoms with Crippen LogP contribution in [0, 0.1) is 0 Å². The van der Waals surface area contributed by atoms with Crippen molar-refractivity contribution >= 4 is 72.3 Å². The molecule has 180 valence electrons. The molecule has 0 unspecified atom stereocenters. The standard InChI is InChI=1S/2C10H13BrO.C5H4S.2ClH.Ti/c2*1-10(2,3)8-6-7(11)4-5-9(8)12;1-5-3-2-4-6-5;;;/h2*4-6,12H,1-3H3;1-4H;2*1H;/q;;;;;+2/p-2. The van der Waals surface area contributed by atoms with Crippen LogP contribution in [0.5, 0.6) is 11.5 Å². The Bertz CT molecular complexity index is 1020. The average molecular weight is 673 g/mol. The largest absolute Gasteiger partial charge is 0.147 e. The summed E-state index contributed by atoms with van der Waals surface area (Å²) >= 11 is 6.34. The second kappa shape index (κ2) is 12.7. The maximum atomic E-state index is 6.67. The van der Waals surface area contributed by atoms with Gasteiger partial charge in [0, 0.05) is 0 Å². The zero-order chi connectivity index (χ0) is 22.8. The van der Waals surface area contributed by atoms with Gasteiger partial charge >= 0.3 is 215 Å². The molecule has 0 N–H and O–H groups in total. The summed E-state index contributed by atoms with van der Waals surface area (Å²) in [5, 5.41) is 2.09. The fourth-order valence-electron chi connectivity index (χ4n) is 3.14. The molecule has 0 bridgehead atoms. The molecule has 0 aliphatic carbocycles. The Hall–Kier alpha value is -0.136. The first kappa shape index (κ1) is 30.9. The fraction of sp³-hybridized carbons (Fsp3) is 0.320. The van der Waals surface area contributed by atoms with Crippen molar-refractivity contribution in [2.24, 2.45) is 0 Å². The normalized spacial score (nSPS) is 11.2. The molecule has 0 aliphatic rings. The van der Waals surface area contributed by atoms with E-state index in [9.17, 15) is 0 Å². The molecule has 8 heteroatoms. The molecule has 1 aromatic heterocycles. The van der Waals surface area contributed by atoms with Crippen LogP contribution in [0.4, 0.5) is 0 Å². The van der Waals surface area contributed by atoms with Crippen LogP contribution < -0.4 is 6.64 Å². The van der Waals surface area contributed by atoms with Crippen molar-refractivity contribution in [1.29, 1.82) is 0 Å². The molecule has 2 aromatic carbocycles. The van der Waals surface area contributed by atoms with Crippen molar-refractivity contribution in [2.45, 2.75) is 52.4 Å². The maximum Gasteiger partial charge on any atom is -0.147 e. The first-order valence-electron chi connectivity index (χ1n) is 10.1. The molecular formula is C25H30Br2Cl2O2STi. The molecule has 3 aromatic rings. The number of hydrogen-bond donors (Lipinski definition) is 0. The van der Waals surface area contributed by atoms with E-state index < -0.39 is 18.2 Å². The van der Waals surface area contributed by atoms with E-state index in [4.69, 9.17) is 6.64 Å². The molecule has 0 atom stereocenters. The summed E-state index contributed by atoms with van der Waals surface area (Å²) < 4.78 is 17.6. The fourth-order valence-corrected chi connectivity index (χ4v) is 7.11. The van der Waals surface area contributed by atoms with Crippen molar-refractivity contribution in [3.63, 3.8) is 0 Å². The number of benzene rings is 2. The van der Waals surface area contributed by atoms with Gasteiger partial charge in [-0.1, -0.05) is 0 Å². The van der Waals surface area contributed by atoms with E-state index in [1.165, 1.54) is 16.0 Å². The second-order valence-electron chi connectivity index (χ2n) is 9.46. The van der Waals surface area contributed by atoms with Crippen LogP contribution in [0.15, 0.2) is 62.9 Å². The van der Waals surface area contributed by atoms with Crippen molar-refractivity contribution in [3.05, 3.63) is 78.9 Å². The van der Waals surface area contributed by atoms with E-state index in [0.29, 0.717) is 0 Å². The molecule has 33 heavy (non-hydrogen) atoms. The summed E-state index contributed by atoms with van der Waals surface area (Å²) in [6, 6.07) is 16.6. The predicted octanol–water partition coefficient (Wildman–Crippen LogP) is 9.47. The van der Waals surface area contributed by atoms with Gasteiger partial charge in [0.15, 0.2) is 0 Å². The summed E-state index contributed by atoms with van der Waals surface area (Å²) in [7, 11) is 0. The van der Waals surface area contributed by atoms with E-state index >= 15 is 0 Å². The smallest absolute Gasteiger partial charge is 0.147 e. The van der Waals surface area contributed by atoms with E-state index in [1.54, 1.807) is 11.3 Å². The van der Waals surface area contributed by atoms with Crippen LogP contribution in [-0.2, 0) is 29.0 Å². The van der Waals surface area contributed by atoms with Crippen LogP contribution in [-0.4, -0.2) is 4.31 Å². The minimum absolute atomic E-state index is 0. The molecule has 0 radical (unpaired) electrons. The average Bonchev–Trinajstić information content (AvgIpc) is 3.16. The third kappa shape index (κ3) is 8.79. The first-order valence-corrected chi connectivity index (χ1v) is 14.8. The number of halogens is 4. The summed E-state index contributed by atoms with van der Waals surface area (Å²) in [5.41, 5.74) is 2.25. The molecule has 0 amide bonds. The predicted molar refractivity (Wildman–Crippen MR) is 151 cm³/mol. The monoisotopic (exact) mass is 670 g/mol. The summed E-state index contributed by atoms with van der Waals surface area (Å²) in [4.78, 5) is 1.18. The van der Waals surface area contributed by atoms with Crippen LogP contribution in [0.1, 0.15) is 57.5 Å². The third-order valence-corrected chi connectivity index (χ3v) is 9.03. The van der Waals surface area contributed by atoms with Gasteiger partial charge in [0.2, 0.25) is 0 Å². The maximum absolute atomic E-state index is 6.67. The van der Waals surface area contributed by atoms with Gasteiger partial charge < -0.3 is 0 Å². The summed E-state index contributed by atoms with van der Waals surface area (Å²) in [5.74, 6) is 1.79. The number of hydrogen-bond acceptors (Lipinski definition) is 3. The molecule has 1 heterocycles. The van der Waals surface area contributed by atoms with Crippen molar-refractivity contribution in [1.82, 2.24) is 0 Å². The van der Waals surface area contributed by atoms with Crippen molar-refractivity contribution in [2.75, 3.05) is 0 Å². The second-order valence-corrected chi connectivity index (χ2v) is 14.4. The molecular weight excluding hydrogens is 643 g/mol. The minimum Gasteiger partial charge on any atom is -0.147 e. The van der Waals surface area contributed by atoms with Gasteiger partial charge in [-0.05, 0) is 0 Å². The van der Waals surface area contributed by atoms with Crippen molar-refractivity contribution in [3.8, 4) is 11.5 Å². The number of thiophene rings is 1. The Morgan fingerprint density at radius 2 is 1.21 bits per heavy atom. The van der Waals surface area contributed by atoms with E-state index in [-0.39, 0.29) is 35.6 Å². The molecule has 0 fully saturated rings. The van der Waals surface area contributed by atoms with Crippen molar-refractivity contribution < 1.29 is 24.8 Å². The topological polar surface area (TPSA) is 18.5 Å². The molecule has 0 aliphatic heterocycles. The van der Waals surface area contributed by atoms with Gasteiger partial charge in [-0.15, -0.1) is 24.8 Å². The van der Waals surface area contributed by atoms with E-state index in [1.807, 2.05) is 12.1 Å². The third-order valence-electron chi connectivity index (χ3n) is 4.72. The summed E-state index contributed by atoms with van der Waals surface area (Å²) in [6.07, 6.45) is 0.